The lowest BCUT2D eigenvalue weighted by molar-refractivity contribution is -0.120. The molecule has 0 saturated carbocycles. The zero-order chi connectivity index (χ0) is 16.5. The summed E-state index contributed by atoms with van der Waals surface area (Å²) in [6.45, 7) is 0.829. The van der Waals surface area contributed by atoms with E-state index in [2.05, 4.69) is 5.32 Å². The van der Waals surface area contributed by atoms with Crippen molar-refractivity contribution in [1.82, 2.24) is 5.32 Å². The molecular weight excluding hydrogens is 294 g/mol. The fourth-order valence-corrected chi connectivity index (χ4v) is 2.13. The average molecular weight is 315 g/mol. The van der Waals surface area contributed by atoms with Gasteiger partial charge in [0.05, 0.1) is 27.2 Å². The molecule has 2 aromatic carbocycles. The lowest BCUT2D eigenvalue weighted by Gasteiger charge is -2.10. The molecule has 0 aliphatic rings. The Morgan fingerprint density at radius 1 is 1.00 bits per heavy atom. The minimum atomic E-state index is -0.0660. The van der Waals surface area contributed by atoms with Gasteiger partial charge in [-0.25, -0.2) is 0 Å². The monoisotopic (exact) mass is 315 g/mol. The maximum atomic E-state index is 12.0. The van der Waals surface area contributed by atoms with Crippen LogP contribution in [0.5, 0.6) is 17.2 Å². The molecule has 1 N–H and O–H groups in total. The maximum absolute atomic E-state index is 12.0. The van der Waals surface area contributed by atoms with Crippen LogP contribution in [0.15, 0.2) is 48.5 Å². The van der Waals surface area contributed by atoms with Crippen molar-refractivity contribution >= 4 is 5.91 Å². The molecule has 2 aromatic rings. The SMILES string of the molecule is COc1cccc(OCCNC(=O)Cc2ccccc2OC)c1. The third-order valence-electron chi connectivity index (χ3n) is 3.28. The molecule has 1 amide bonds. The molecule has 0 aliphatic heterocycles. The average Bonchev–Trinajstić information content (AvgIpc) is 2.59. The number of benzene rings is 2. The van der Waals surface area contributed by atoms with E-state index in [1.54, 1.807) is 20.3 Å². The molecule has 0 unspecified atom stereocenters. The first-order valence-electron chi connectivity index (χ1n) is 7.38. The van der Waals surface area contributed by atoms with Gasteiger partial charge in [0, 0.05) is 11.6 Å². The van der Waals surface area contributed by atoms with Crippen LogP contribution in [0.3, 0.4) is 0 Å². The van der Waals surface area contributed by atoms with Crippen molar-refractivity contribution in [3.63, 3.8) is 0 Å². The van der Waals surface area contributed by atoms with Crippen molar-refractivity contribution in [2.24, 2.45) is 0 Å². The number of para-hydroxylation sites is 1. The largest absolute Gasteiger partial charge is 0.497 e. The molecule has 0 spiro atoms. The molecule has 0 heterocycles. The van der Waals surface area contributed by atoms with Crippen LogP contribution < -0.4 is 19.5 Å². The van der Waals surface area contributed by atoms with Gasteiger partial charge in [-0.05, 0) is 18.2 Å². The topological polar surface area (TPSA) is 56.8 Å². The van der Waals surface area contributed by atoms with Gasteiger partial charge in [0.1, 0.15) is 23.9 Å². The first-order valence-corrected chi connectivity index (χ1v) is 7.38. The third-order valence-corrected chi connectivity index (χ3v) is 3.28. The molecule has 0 aromatic heterocycles. The van der Waals surface area contributed by atoms with Crippen molar-refractivity contribution in [3.8, 4) is 17.2 Å². The number of rotatable bonds is 8. The highest BCUT2D eigenvalue weighted by molar-refractivity contribution is 5.79. The van der Waals surface area contributed by atoms with E-state index in [9.17, 15) is 4.79 Å². The van der Waals surface area contributed by atoms with Gasteiger partial charge in [-0.3, -0.25) is 4.79 Å². The van der Waals surface area contributed by atoms with Crippen molar-refractivity contribution in [1.29, 1.82) is 0 Å². The van der Waals surface area contributed by atoms with E-state index in [1.807, 2.05) is 42.5 Å². The summed E-state index contributed by atoms with van der Waals surface area (Å²) >= 11 is 0. The van der Waals surface area contributed by atoms with Gasteiger partial charge in [0.25, 0.3) is 0 Å². The molecule has 122 valence electrons. The van der Waals surface area contributed by atoms with E-state index in [-0.39, 0.29) is 12.3 Å². The van der Waals surface area contributed by atoms with Crippen molar-refractivity contribution < 1.29 is 19.0 Å². The lowest BCUT2D eigenvalue weighted by atomic mass is 10.1. The standard InChI is InChI=1S/C18H21NO4/c1-21-15-7-5-8-16(13-15)23-11-10-19-18(20)12-14-6-3-4-9-17(14)22-2/h3-9,13H,10-12H2,1-2H3,(H,19,20). The van der Waals surface area contributed by atoms with Gasteiger partial charge >= 0.3 is 0 Å². The van der Waals surface area contributed by atoms with Crippen LogP contribution in [-0.4, -0.2) is 33.3 Å². The second kappa shape index (κ2) is 8.68. The molecule has 0 radical (unpaired) electrons. The van der Waals surface area contributed by atoms with Crippen LogP contribution in [0, 0.1) is 0 Å². The minimum absolute atomic E-state index is 0.0660. The Labute approximate surface area is 136 Å². The summed E-state index contributed by atoms with van der Waals surface area (Å²) in [5.41, 5.74) is 0.862. The van der Waals surface area contributed by atoms with Crippen molar-refractivity contribution in [2.45, 2.75) is 6.42 Å². The zero-order valence-corrected chi connectivity index (χ0v) is 13.4. The van der Waals surface area contributed by atoms with Crippen molar-refractivity contribution in [2.75, 3.05) is 27.4 Å². The van der Waals surface area contributed by atoms with Gasteiger partial charge in [-0.2, -0.15) is 0 Å². The van der Waals surface area contributed by atoms with Gasteiger partial charge in [-0.1, -0.05) is 24.3 Å². The van der Waals surface area contributed by atoms with Crippen LogP contribution in [-0.2, 0) is 11.2 Å². The van der Waals surface area contributed by atoms with Crippen LogP contribution in [0.2, 0.25) is 0 Å². The molecule has 0 aliphatic carbocycles. The van der Waals surface area contributed by atoms with Gasteiger partial charge in [-0.15, -0.1) is 0 Å². The molecule has 5 nitrogen and oxygen atoms in total. The van der Waals surface area contributed by atoms with Gasteiger partial charge < -0.3 is 19.5 Å². The fraction of sp³-hybridized carbons (Fsp3) is 0.278. The van der Waals surface area contributed by atoms with E-state index < -0.39 is 0 Å². The summed E-state index contributed by atoms with van der Waals surface area (Å²) in [6, 6.07) is 14.8. The highest BCUT2D eigenvalue weighted by atomic mass is 16.5. The number of hydrogen-bond donors (Lipinski definition) is 1. The first kappa shape index (κ1) is 16.7. The number of nitrogens with one attached hydrogen (secondary N) is 1. The van der Waals surface area contributed by atoms with E-state index >= 15 is 0 Å². The molecule has 0 atom stereocenters. The molecule has 2 rings (SSSR count). The first-order chi connectivity index (χ1) is 11.2. The number of methoxy groups -OCH3 is 2. The normalized spacial score (nSPS) is 10.0. The minimum Gasteiger partial charge on any atom is -0.497 e. The van der Waals surface area contributed by atoms with Crippen LogP contribution in [0.4, 0.5) is 0 Å². The van der Waals surface area contributed by atoms with Crippen LogP contribution in [0.25, 0.3) is 0 Å². The Balaban J connectivity index is 1.74. The second-order valence-corrected chi connectivity index (χ2v) is 4.87. The Kier molecular flexibility index (Phi) is 6.29. The number of hydrogen-bond acceptors (Lipinski definition) is 4. The number of ether oxygens (including phenoxy) is 3. The number of amides is 1. The lowest BCUT2D eigenvalue weighted by Crippen LogP contribution is -2.29. The van der Waals surface area contributed by atoms with E-state index in [0.717, 1.165) is 17.1 Å². The number of carbonyl (C=O) groups excluding carboxylic acids is 1. The predicted molar refractivity (Wildman–Crippen MR) is 88.2 cm³/mol. The summed E-state index contributed by atoms with van der Waals surface area (Å²) in [7, 11) is 3.20. The fourth-order valence-electron chi connectivity index (χ4n) is 2.13. The van der Waals surface area contributed by atoms with Crippen LogP contribution >= 0.6 is 0 Å². The molecule has 5 heteroatoms. The number of carbonyl (C=O) groups is 1. The third kappa shape index (κ3) is 5.21. The van der Waals surface area contributed by atoms with E-state index in [1.165, 1.54) is 0 Å². The van der Waals surface area contributed by atoms with E-state index in [4.69, 9.17) is 14.2 Å². The highest BCUT2D eigenvalue weighted by Crippen LogP contribution is 2.19. The highest BCUT2D eigenvalue weighted by Gasteiger charge is 2.07. The second-order valence-electron chi connectivity index (χ2n) is 4.87. The molecule has 23 heavy (non-hydrogen) atoms. The van der Waals surface area contributed by atoms with Crippen molar-refractivity contribution in [3.05, 3.63) is 54.1 Å². The quantitative estimate of drug-likeness (QED) is 0.760. The maximum Gasteiger partial charge on any atom is 0.224 e. The molecule has 0 fully saturated rings. The Bertz CT molecular complexity index is 642. The zero-order valence-electron chi connectivity index (χ0n) is 13.4. The molecule has 0 bridgehead atoms. The Morgan fingerprint density at radius 3 is 2.57 bits per heavy atom. The van der Waals surface area contributed by atoms with E-state index in [0.29, 0.717) is 18.9 Å². The van der Waals surface area contributed by atoms with Crippen LogP contribution in [0.1, 0.15) is 5.56 Å². The predicted octanol–water partition coefficient (Wildman–Crippen LogP) is 2.44. The summed E-state index contributed by atoms with van der Waals surface area (Å²) in [5.74, 6) is 2.10. The molecule has 0 saturated heterocycles. The summed E-state index contributed by atoms with van der Waals surface area (Å²) in [5, 5.41) is 2.83. The summed E-state index contributed by atoms with van der Waals surface area (Å²) in [6.07, 6.45) is 0.281. The molecular formula is C18H21NO4. The Hall–Kier alpha value is -2.69. The summed E-state index contributed by atoms with van der Waals surface area (Å²) < 4.78 is 15.9. The summed E-state index contributed by atoms with van der Waals surface area (Å²) in [4.78, 5) is 12.0. The Morgan fingerprint density at radius 2 is 1.78 bits per heavy atom. The van der Waals surface area contributed by atoms with Gasteiger partial charge in [0.2, 0.25) is 5.91 Å². The smallest absolute Gasteiger partial charge is 0.224 e. The van der Waals surface area contributed by atoms with Gasteiger partial charge in [0.15, 0.2) is 0 Å².